The molecule has 3 atom stereocenters. The quantitative estimate of drug-likeness (QED) is 0.785. The van der Waals surface area contributed by atoms with Gasteiger partial charge in [0.2, 0.25) is 5.91 Å². The number of aromatic nitrogens is 2. The average Bonchev–Trinajstić information content (AvgIpc) is 2.85. The van der Waals surface area contributed by atoms with Crippen LogP contribution in [0.4, 0.5) is 13.2 Å². The zero-order valence-corrected chi connectivity index (χ0v) is 11.3. The van der Waals surface area contributed by atoms with E-state index in [1.807, 2.05) is 0 Å². The molecule has 8 heteroatoms. The highest BCUT2D eigenvalue weighted by molar-refractivity contribution is 5.77. The Bertz CT molecular complexity index is 556. The third-order valence-electron chi connectivity index (χ3n) is 4.65. The Balaban J connectivity index is 1.69. The molecule has 3 unspecified atom stereocenters. The molecule has 0 aromatic carbocycles. The van der Waals surface area contributed by atoms with Crippen LogP contribution in [0.5, 0.6) is 0 Å². The van der Waals surface area contributed by atoms with Gasteiger partial charge in [0.1, 0.15) is 0 Å². The molecule has 1 aliphatic carbocycles. The van der Waals surface area contributed by atoms with E-state index in [-0.39, 0.29) is 35.4 Å². The highest BCUT2D eigenvalue weighted by atomic mass is 19.4. The van der Waals surface area contributed by atoms with Crippen molar-refractivity contribution in [3.63, 3.8) is 0 Å². The number of nitrogens with one attached hydrogen (secondary N) is 2. The maximum Gasteiger partial charge on any atom is 0.435 e. The highest BCUT2D eigenvalue weighted by Crippen LogP contribution is 2.52. The van der Waals surface area contributed by atoms with Crippen LogP contribution in [0.3, 0.4) is 0 Å². The monoisotopic (exact) mass is 302 g/mol. The van der Waals surface area contributed by atoms with Crippen molar-refractivity contribution >= 4 is 5.91 Å². The maximum absolute atomic E-state index is 12.8. The minimum atomic E-state index is -4.44. The Kier molecular flexibility index (Phi) is 3.23. The summed E-state index contributed by atoms with van der Waals surface area (Å²) >= 11 is 0. The normalized spacial score (nSPS) is 32.3. The Labute approximate surface area is 119 Å². The van der Waals surface area contributed by atoms with Gasteiger partial charge in [0.25, 0.3) is 0 Å². The topological polar surface area (TPSA) is 83.8 Å². The average molecular weight is 302 g/mol. The third-order valence-corrected chi connectivity index (χ3v) is 4.65. The van der Waals surface area contributed by atoms with Crippen LogP contribution in [0.25, 0.3) is 0 Å². The summed E-state index contributed by atoms with van der Waals surface area (Å²) in [6.07, 6.45) is -0.995. The van der Waals surface area contributed by atoms with E-state index in [0.717, 1.165) is 12.7 Å². The van der Waals surface area contributed by atoms with Gasteiger partial charge in [-0.2, -0.15) is 13.2 Å². The summed E-state index contributed by atoms with van der Waals surface area (Å²) in [7, 11) is 0. The number of hydrogen-bond acceptors (Lipinski definition) is 3. The molecule has 116 valence electrons. The SMILES string of the molecule is NC(=O)C1CCNC2(C1)CC2Cc1[nH]cnc1C(F)(F)F. The molecule has 1 amide bonds. The second kappa shape index (κ2) is 4.72. The summed E-state index contributed by atoms with van der Waals surface area (Å²) < 4.78 is 38.4. The largest absolute Gasteiger partial charge is 0.435 e. The number of alkyl halides is 3. The third kappa shape index (κ3) is 2.64. The lowest BCUT2D eigenvalue weighted by molar-refractivity contribution is -0.141. The smallest absolute Gasteiger partial charge is 0.369 e. The summed E-state index contributed by atoms with van der Waals surface area (Å²) in [5.74, 6) is -0.416. The zero-order chi connectivity index (χ0) is 15.3. The van der Waals surface area contributed by atoms with Crippen LogP contribution < -0.4 is 11.1 Å². The van der Waals surface area contributed by atoms with Crippen molar-refractivity contribution in [2.45, 2.75) is 37.4 Å². The minimum Gasteiger partial charge on any atom is -0.369 e. The predicted octanol–water partition coefficient (Wildman–Crippen LogP) is 1.21. The molecule has 2 aliphatic rings. The number of halogens is 3. The lowest BCUT2D eigenvalue weighted by Gasteiger charge is -2.30. The van der Waals surface area contributed by atoms with Gasteiger partial charge in [0.15, 0.2) is 5.69 Å². The number of amides is 1. The van der Waals surface area contributed by atoms with Gasteiger partial charge in [0.05, 0.1) is 6.33 Å². The summed E-state index contributed by atoms with van der Waals surface area (Å²) in [5, 5.41) is 3.35. The number of rotatable bonds is 3. The van der Waals surface area contributed by atoms with Crippen LogP contribution in [0.2, 0.25) is 0 Å². The Morgan fingerprint density at radius 3 is 2.90 bits per heavy atom. The van der Waals surface area contributed by atoms with Crippen LogP contribution in [0.15, 0.2) is 6.33 Å². The van der Waals surface area contributed by atoms with Gasteiger partial charge in [-0.25, -0.2) is 4.98 Å². The number of primary amides is 1. The number of nitrogens with zero attached hydrogens (tertiary/aromatic N) is 1. The van der Waals surface area contributed by atoms with Gasteiger partial charge in [-0.05, 0) is 38.1 Å². The Morgan fingerprint density at radius 1 is 1.48 bits per heavy atom. The second-order valence-electron chi connectivity index (χ2n) is 6.01. The first-order chi connectivity index (χ1) is 9.82. The Hall–Kier alpha value is -1.57. The first kappa shape index (κ1) is 14.4. The summed E-state index contributed by atoms with van der Waals surface area (Å²) in [4.78, 5) is 17.3. The number of carbonyl (C=O) groups is 1. The van der Waals surface area contributed by atoms with E-state index in [4.69, 9.17) is 5.73 Å². The molecule has 1 spiro atoms. The van der Waals surface area contributed by atoms with Crippen molar-refractivity contribution in [3.8, 4) is 0 Å². The van der Waals surface area contributed by atoms with Crippen LogP contribution in [-0.2, 0) is 17.4 Å². The van der Waals surface area contributed by atoms with E-state index in [1.54, 1.807) is 0 Å². The van der Waals surface area contributed by atoms with Crippen LogP contribution >= 0.6 is 0 Å². The molecule has 4 N–H and O–H groups in total. The van der Waals surface area contributed by atoms with Gasteiger partial charge >= 0.3 is 6.18 Å². The second-order valence-corrected chi connectivity index (χ2v) is 6.01. The van der Waals surface area contributed by atoms with Crippen molar-refractivity contribution in [2.75, 3.05) is 6.54 Å². The molecule has 1 saturated heterocycles. The van der Waals surface area contributed by atoms with E-state index in [0.29, 0.717) is 19.4 Å². The number of aromatic amines is 1. The molecule has 3 rings (SSSR count). The fraction of sp³-hybridized carbons (Fsp3) is 0.692. The molecular formula is C13H17F3N4O. The minimum absolute atomic E-state index is 0.0844. The number of carbonyl (C=O) groups excluding carboxylic acids is 1. The maximum atomic E-state index is 12.8. The lowest BCUT2D eigenvalue weighted by atomic mass is 9.88. The Morgan fingerprint density at radius 2 is 2.24 bits per heavy atom. The number of nitrogens with two attached hydrogens (primary N) is 1. The molecule has 0 radical (unpaired) electrons. The number of imidazole rings is 1. The van der Waals surface area contributed by atoms with Gasteiger partial charge in [-0.1, -0.05) is 0 Å². The molecule has 5 nitrogen and oxygen atoms in total. The first-order valence-electron chi connectivity index (χ1n) is 6.95. The van der Waals surface area contributed by atoms with Crippen LogP contribution in [-0.4, -0.2) is 28.0 Å². The highest BCUT2D eigenvalue weighted by Gasteiger charge is 2.56. The standard InChI is InChI=1S/C13H17F3N4O/c14-13(15,16)10-9(18-6-19-10)3-8-5-12(8)4-7(11(17)21)1-2-20-12/h6-8,20H,1-5H2,(H2,17,21)(H,18,19). The molecule has 2 fully saturated rings. The van der Waals surface area contributed by atoms with Crippen molar-refractivity contribution in [3.05, 3.63) is 17.7 Å². The summed E-state index contributed by atoms with van der Waals surface area (Å²) in [6.45, 7) is 0.680. The first-order valence-corrected chi connectivity index (χ1v) is 6.95. The molecule has 1 saturated carbocycles. The fourth-order valence-electron chi connectivity index (χ4n) is 3.43. The van der Waals surface area contributed by atoms with Gasteiger partial charge in [0, 0.05) is 17.2 Å². The van der Waals surface area contributed by atoms with E-state index in [1.165, 1.54) is 0 Å². The molecular weight excluding hydrogens is 285 g/mol. The van der Waals surface area contributed by atoms with Gasteiger partial charge in [-0.3, -0.25) is 4.79 Å². The van der Waals surface area contributed by atoms with Crippen LogP contribution in [0, 0.1) is 11.8 Å². The van der Waals surface area contributed by atoms with Gasteiger partial charge < -0.3 is 16.0 Å². The lowest BCUT2D eigenvalue weighted by Crippen LogP contribution is -2.45. The van der Waals surface area contributed by atoms with Crippen LogP contribution in [0.1, 0.15) is 30.7 Å². The van der Waals surface area contributed by atoms with E-state index in [2.05, 4.69) is 15.3 Å². The van der Waals surface area contributed by atoms with Crippen molar-refractivity contribution in [1.82, 2.24) is 15.3 Å². The van der Waals surface area contributed by atoms with Gasteiger partial charge in [-0.15, -0.1) is 0 Å². The van der Waals surface area contributed by atoms with E-state index < -0.39 is 11.9 Å². The van der Waals surface area contributed by atoms with Crippen molar-refractivity contribution in [1.29, 1.82) is 0 Å². The molecule has 2 heterocycles. The number of H-pyrrole nitrogens is 1. The van der Waals surface area contributed by atoms with E-state index in [9.17, 15) is 18.0 Å². The molecule has 1 aromatic rings. The fourth-order valence-corrected chi connectivity index (χ4v) is 3.43. The zero-order valence-electron chi connectivity index (χ0n) is 11.3. The predicted molar refractivity (Wildman–Crippen MR) is 68.1 cm³/mol. The number of piperidine rings is 1. The molecule has 21 heavy (non-hydrogen) atoms. The molecule has 1 aromatic heterocycles. The van der Waals surface area contributed by atoms with Crippen molar-refractivity contribution < 1.29 is 18.0 Å². The van der Waals surface area contributed by atoms with Crippen molar-refractivity contribution in [2.24, 2.45) is 17.6 Å². The molecule has 0 bridgehead atoms. The summed E-state index contributed by atoms with van der Waals surface area (Å²) in [6, 6.07) is 0. The molecule has 1 aliphatic heterocycles. The van der Waals surface area contributed by atoms with E-state index >= 15 is 0 Å². The summed E-state index contributed by atoms with van der Waals surface area (Å²) in [5.41, 5.74) is 4.39. The number of hydrogen-bond donors (Lipinski definition) is 3.